The van der Waals surface area contributed by atoms with E-state index in [1.54, 1.807) is 6.92 Å². The molecule has 0 aromatic rings. The molecule has 0 saturated heterocycles. The summed E-state index contributed by atoms with van der Waals surface area (Å²) in [6, 6.07) is 0. The van der Waals surface area contributed by atoms with Gasteiger partial charge in [-0.15, -0.1) is 0 Å². The molecule has 9 heavy (non-hydrogen) atoms. The summed E-state index contributed by atoms with van der Waals surface area (Å²) in [6.45, 7) is 5.22. The molecule has 0 rings (SSSR count). The van der Waals surface area contributed by atoms with E-state index in [0.717, 1.165) is 0 Å². The summed E-state index contributed by atoms with van der Waals surface area (Å²) in [6.07, 6.45) is 0. The fourth-order valence-corrected chi connectivity index (χ4v) is 0.489. The van der Waals surface area contributed by atoms with Gasteiger partial charge in [-0.25, -0.2) is 8.42 Å². The van der Waals surface area contributed by atoms with E-state index in [-0.39, 0.29) is 36.2 Å². The molecule has 0 unspecified atom stereocenters. The third-order valence-electron chi connectivity index (χ3n) is 0.416. The molecule has 0 radical (unpaired) electrons. The number of hydrogen-bond acceptors (Lipinski definition) is 3. The Kier molecular flexibility index (Phi) is 9.27. The first-order chi connectivity index (χ1) is 3.63. The van der Waals surface area contributed by atoms with Gasteiger partial charge in [0.15, 0.2) is 0 Å². The van der Waals surface area contributed by atoms with E-state index < -0.39 is 11.0 Å². The second-order valence-corrected chi connectivity index (χ2v) is 2.16. The van der Waals surface area contributed by atoms with Crippen LogP contribution in [-0.2, 0) is 15.2 Å². The van der Waals surface area contributed by atoms with Crippen molar-refractivity contribution >= 4 is 40.5 Å². The Bertz CT molecular complexity index is 144. The molecule has 0 aromatic heterocycles. The molecule has 0 N–H and O–H groups in total. The molecule has 0 aromatic carbocycles. The Labute approximate surface area is 78.5 Å². The Hall–Kier alpha value is 0.650. The fourth-order valence-electron chi connectivity index (χ4n) is 0.163. The molecule has 0 fully saturated rings. The first kappa shape index (κ1) is 12.3. The molecule has 0 aliphatic carbocycles. The minimum absolute atomic E-state index is 0. The quantitative estimate of drug-likeness (QED) is 0.342. The van der Waals surface area contributed by atoms with Crippen LogP contribution in [0.2, 0.25) is 0 Å². The number of thiol groups is 1. The van der Waals surface area contributed by atoms with Gasteiger partial charge in [-0.3, -0.25) is 4.18 Å². The zero-order chi connectivity index (χ0) is 6.57. The van der Waals surface area contributed by atoms with Gasteiger partial charge in [0, 0.05) is 0 Å². The van der Waals surface area contributed by atoms with Crippen LogP contribution in [0, 0.1) is 0 Å². The third kappa shape index (κ3) is 12.0. The molecule has 0 aliphatic rings. The Morgan fingerprint density at radius 3 is 2.22 bits per heavy atom. The average molecular weight is 160 g/mol. The van der Waals surface area contributed by atoms with Crippen LogP contribution < -0.4 is 0 Å². The van der Waals surface area contributed by atoms with Crippen molar-refractivity contribution in [3.63, 3.8) is 0 Å². The van der Waals surface area contributed by atoms with Crippen LogP contribution in [0.1, 0.15) is 6.92 Å². The van der Waals surface area contributed by atoms with Gasteiger partial charge < -0.3 is 0 Å². The average Bonchev–Trinajstić information content (AvgIpc) is 1.61. The fraction of sp³-hybridized carbons (Fsp3) is 0.500. The Balaban J connectivity index is 0. The van der Waals surface area contributed by atoms with Crippen LogP contribution >= 0.6 is 0 Å². The van der Waals surface area contributed by atoms with Gasteiger partial charge in [0.1, 0.15) is 0 Å². The standard InChI is InChI=1S/C4H8O3S.Na.H/c1-4(2)3-7-8(5)6;;/h8H,1,3H2,2H3;;. The predicted octanol–water partition coefficient (Wildman–Crippen LogP) is -0.543. The van der Waals surface area contributed by atoms with E-state index in [4.69, 9.17) is 0 Å². The SMILES string of the molecule is C=C(C)CO[SH](=O)=O.[NaH]. The second-order valence-electron chi connectivity index (χ2n) is 1.45. The van der Waals surface area contributed by atoms with Crippen LogP contribution in [0.25, 0.3) is 0 Å². The molecule has 0 heterocycles. The molecular formula is C4H9NaO3S. The zero-order valence-corrected chi connectivity index (χ0v) is 5.48. The number of rotatable bonds is 3. The molecule has 0 spiro atoms. The van der Waals surface area contributed by atoms with Crippen molar-refractivity contribution in [2.75, 3.05) is 6.61 Å². The van der Waals surface area contributed by atoms with Crippen molar-refractivity contribution in [1.29, 1.82) is 0 Å². The van der Waals surface area contributed by atoms with Crippen molar-refractivity contribution in [3.05, 3.63) is 12.2 Å². The molecule has 0 bridgehead atoms. The van der Waals surface area contributed by atoms with Crippen molar-refractivity contribution in [2.24, 2.45) is 0 Å². The van der Waals surface area contributed by atoms with Gasteiger partial charge in [-0.2, -0.15) is 0 Å². The van der Waals surface area contributed by atoms with Gasteiger partial charge in [0.2, 0.25) is 0 Å². The van der Waals surface area contributed by atoms with Crippen LogP contribution in [0.5, 0.6) is 0 Å². The van der Waals surface area contributed by atoms with Gasteiger partial charge in [0.25, 0.3) is 11.0 Å². The van der Waals surface area contributed by atoms with Crippen molar-refractivity contribution in [1.82, 2.24) is 0 Å². The summed E-state index contributed by atoms with van der Waals surface area (Å²) in [7, 11) is -2.69. The van der Waals surface area contributed by atoms with Gasteiger partial charge in [0.05, 0.1) is 6.61 Å². The summed E-state index contributed by atoms with van der Waals surface area (Å²) < 4.78 is 23.5. The van der Waals surface area contributed by atoms with E-state index in [1.807, 2.05) is 0 Å². The van der Waals surface area contributed by atoms with Gasteiger partial charge in [-0.05, 0) is 6.92 Å². The Morgan fingerprint density at radius 2 is 2.11 bits per heavy atom. The van der Waals surface area contributed by atoms with Crippen LogP contribution in [-0.4, -0.2) is 44.6 Å². The monoisotopic (exact) mass is 160 g/mol. The summed E-state index contributed by atoms with van der Waals surface area (Å²) in [5, 5.41) is 0. The summed E-state index contributed by atoms with van der Waals surface area (Å²) in [4.78, 5) is 0. The van der Waals surface area contributed by atoms with E-state index in [0.29, 0.717) is 5.57 Å². The maximum absolute atomic E-state index is 9.68. The van der Waals surface area contributed by atoms with Crippen molar-refractivity contribution < 1.29 is 12.6 Å². The van der Waals surface area contributed by atoms with Crippen molar-refractivity contribution in [3.8, 4) is 0 Å². The molecule has 0 atom stereocenters. The topological polar surface area (TPSA) is 43.4 Å². The molecule has 0 saturated carbocycles. The predicted molar refractivity (Wildman–Crippen MR) is 38.2 cm³/mol. The normalized spacial score (nSPS) is 8.67. The van der Waals surface area contributed by atoms with E-state index in [1.165, 1.54) is 0 Å². The van der Waals surface area contributed by atoms with Crippen molar-refractivity contribution in [2.45, 2.75) is 6.92 Å². The first-order valence-corrected chi connectivity index (χ1v) is 3.14. The van der Waals surface area contributed by atoms with E-state index in [9.17, 15) is 8.42 Å². The minimum atomic E-state index is -2.69. The molecule has 3 nitrogen and oxygen atoms in total. The first-order valence-electron chi connectivity index (χ1n) is 2.04. The van der Waals surface area contributed by atoms with Gasteiger partial charge >= 0.3 is 29.6 Å². The van der Waals surface area contributed by atoms with Crippen LogP contribution in [0.15, 0.2) is 12.2 Å². The van der Waals surface area contributed by atoms with E-state index >= 15 is 0 Å². The molecular weight excluding hydrogens is 151 g/mol. The molecule has 0 amide bonds. The number of hydrogen-bond donors (Lipinski definition) is 1. The summed E-state index contributed by atoms with van der Waals surface area (Å²) >= 11 is 0. The maximum atomic E-state index is 9.68. The zero-order valence-electron chi connectivity index (χ0n) is 4.59. The second kappa shape index (κ2) is 6.77. The summed E-state index contributed by atoms with van der Waals surface area (Å²) in [5.74, 6) is 0. The molecule has 0 aliphatic heterocycles. The van der Waals surface area contributed by atoms with Gasteiger partial charge in [-0.1, -0.05) is 12.2 Å². The Morgan fingerprint density at radius 1 is 1.67 bits per heavy atom. The third-order valence-corrected chi connectivity index (χ3v) is 0.756. The summed E-state index contributed by atoms with van der Waals surface area (Å²) in [5.41, 5.74) is 0.698. The van der Waals surface area contributed by atoms with Crippen LogP contribution in [0.3, 0.4) is 0 Å². The molecule has 5 heteroatoms. The van der Waals surface area contributed by atoms with Crippen LogP contribution in [0.4, 0.5) is 0 Å². The molecule has 50 valence electrons. The van der Waals surface area contributed by atoms with E-state index in [2.05, 4.69) is 10.8 Å².